The molecule has 146 valence electrons. The maximum atomic E-state index is 12.7. The largest absolute Gasteiger partial charge is 0.290 e. The summed E-state index contributed by atoms with van der Waals surface area (Å²) in [5, 5.41) is 7.79. The third kappa shape index (κ3) is 4.12. The van der Waals surface area contributed by atoms with Crippen LogP contribution >= 0.6 is 11.6 Å². The second-order valence-corrected chi connectivity index (χ2v) is 7.13. The van der Waals surface area contributed by atoms with Crippen LogP contribution in [-0.2, 0) is 6.42 Å². The van der Waals surface area contributed by atoms with Crippen molar-refractivity contribution >= 4 is 29.1 Å². The Balaban J connectivity index is 1.77. The van der Waals surface area contributed by atoms with Gasteiger partial charge in [0.25, 0.3) is 5.91 Å². The molecule has 7 heteroatoms. The summed E-state index contributed by atoms with van der Waals surface area (Å²) in [6.45, 7) is 2.12. The van der Waals surface area contributed by atoms with Gasteiger partial charge in [0.15, 0.2) is 5.65 Å². The van der Waals surface area contributed by atoms with Crippen LogP contribution in [0.25, 0.3) is 16.8 Å². The molecular formula is C22H20ClN5O. The Labute approximate surface area is 173 Å². The lowest BCUT2D eigenvalue weighted by molar-refractivity contribution is 0.102. The smallest absolute Gasteiger partial charge is 0.258 e. The first kappa shape index (κ1) is 19.1. The maximum Gasteiger partial charge on any atom is 0.258 e. The Morgan fingerprint density at radius 2 is 1.93 bits per heavy atom. The average molecular weight is 406 g/mol. The number of nitrogens with zero attached hydrogens (tertiary/aromatic N) is 4. The first-order valence-electron chi connectivity index (χ1n) is 9.52. The predicted octanol–water partition coefficient (Wildman–Crippen LogP) is 5.04. The molecule has 2 aromatic heterocycles. The first-order valence-corrected chi connectivity index (χ1v) is 9.90. The molecule has 4 aromatic rings. The summed E-state index contributed by atoms with van der Waals surface area (Å²) in [6, 6.07) is 16.7. The number of carbonyl (C=O) groups is 1. The van der Waals surface area contributed by atoms with E-state index in [9.17, 15) is 4.79 Å². The number of unbranched alkanes of at least 4 members (excludes halogenated alkanes) is 1. The minimum absolute atomic E-state index is 0.300. The van der Waals surface area contributed by atoms with Crippen LogP contribution in [0.5, 0.6) is 0 Å². The summed E-state index contributed by atoms with van der Waals surface area (Å²) in [7, 11) is 0. The summed E-state index contributed by atoms with van der Waals surface area (Å²) in [5.74, 6) is 0.720. The van der Waals surface area contributed by atoms with Crippen molar-refractivity contribution in [2.45, 2.75) is 26.2 Å². The van der Waals surface area contributed by atoms with Gasteiger partial charge < -0.3 is 0 Å². The molecule has 0 fully saturated rings. The molecule has 0 bridgehead atoms. The quantitative estimate of drug-likeness (QED) is 0.487. The number of nitrogens with one attached hydrogen (secondary N) is 1. The Morgan fingerprint density at radius 1 is 1.10 bits per heavy atom. The van der Waals surface area contributed by atoms with Gasteiger partial charge in [-0.25, -0.2) is 4.98 Å². The monoisotopic (exact) mass is 405 g/mol. The van der Waals surface area contributed by atoms with Crippen molar-refractivity contribution in [2.75, 3.05) is 5.32 Å². The highest BCUT2D eigenvalue weighted by molar-refractivity contribution is 6.31. The van der Waals surface area contributed by atoms with E-state index in [1.807, 2.05) is 30.3 Å². The normalized spacial score (nSPS) is 11.0. The Morgan fingerprint density at radius 3 is 2.69 bits per heavy atom. The molecule has 1 N–H and O–H groups in total. The molecule has 0 unspecified atom stereocenters. The second-order valence-electron chi connectivity index (χ2n) is 6.69. The molecule has 0 aliphatic rings. The average Bonchev–Trinajstić information content (AvgIpc) is 3.17. The Bertz CT molecular complexity index is 1160. The number of hydrogen-bond acceptors (Lipinski definition) is 4. The lowest BCUT2D eigenvalue weighted by atomic mass is 10.1. The van der Waals surface area contributed by atoms with Gasteiger partial charge in [-0.3, -0.25) is 10.1 Å². The number of fused-ring (bicyclic) bond motifs is 1. The van der Waals surface area contributed by atoms with E-state index >= 15 is 0 Å². The summed E-state index contributed by atoms with van der Waals surface area (Å²) >= 11 is 6.02. The molecule has 29 heavy (non-hydrogen) atoms. The highest BCUT2D eigenvalue weighted by atomic mass is 35.5. The van der Waals surface area contributed by atoms with Gasteiger partial charge in [-0.15, -0.1) is 0 Å². The second kappa shape index (κ2) is 8.41. The predicted molar refractivity (Wildman–Crippen MR) is 114 cm³/mol. The van der Waals surface area contributed by atoms with Crippen molar-refractivity contribution in [1.29, 1.82) is 0 Å². The number of benzene rings is 2. The number of aromatic nitrogens is 4. The molecule has 0 spiro atoms. The number of aryl methyl sites for hydroxylation is 1. The van der Waals surface area contributed by atoms with Crippen molar-refractivity contribution in [1.82, 2.24) is 19.6 Å². The third-order valence-electron chi connectivity index (χ3n) is 4.57. The fourth-order valence-corrected chi connectivity index (χ4v) is 3.26. The SMILES string of the molecule is CCCCc1nc(NC(=O)c2cccc(Cl)c2)n2ncc(-c3ccccc3)c2n1. The molecule has 0 radical (unpaired) electrons. The van der Waals surface area contributed by atoms with Gasteiger partial charge in [0, 0.05) is 22.6 Å². The molecule has 2 heterocycles. The molecule has 0 saturated heterocycles. The molecular weight excluding hydrogens is 386 g/mol. The number of amides is 1. The molecule has 0 saturated carbocycles. The highest BCUT2D eigenvalue weighted by Crippen LogP contribution is 2.25. The lowest BCUT2D eigenvalue weighted by Gasteiger charge is -2.09. The fourth-order valence-electron chi connectivity index (χ4n) is 3.07. The van der Waals surface area contributed by atoms with Crippen LogP contribution in [0.2, 0.25) is 5.02 Å². The third-order valence-corrected chi connectivity index (χ3v) is 4.80. The molecule has 0 atom stereocenters. The lowest BCUT2D eigenvalue weighted by Crippen LogP contribution is -2.17. The minimum atomic E-state index is -0.300. The maximum absolute atomic E-state index is 12.7. The first-order chi connectivity index (χ1) is 14.2. The van der Waals surface area contributed by atoms with Crippen molar-refractivity contribution in [3.8, 4) is 11.1 Å². The molecule has 2 aromatic carbocycles. The van der Waals surface area contributed by atoms with Gasteiger partial charge in [-0.1, -0.05) is 61.3 Å². The van der Waals surface area contributed by atoms with Gasteiger partial charge in [0.1, 0.15) is 5.82 Å². The van der Waals surface area contributed by atoms with Crippen LogP contribution in [0.4, 0.5) is 5.95 Å². The van der Waals surface area contributed by atoms with E-state index in [1.54, 1.807) is 35.0 Å². The Kier molecular flexibility index (Phi) is 5.53. The summed E-state index contributed by atoms with van der Waals surface area (Å²) < 4.78 is 1.57. The van der Waals surface area contributed by atoms with Crippen molar-refractivity contribution in [2.24, 2.45) is 0 Å². The van der Waals surface area contributed by atoms with E-state index in [-0.39, 0.29) is 5.91 Å². The van der Waals surface area contributed by atoms with Crippen LogP contribution in [0, 0.1) is 0 Å². The molecule has 1 amide bonds. The van der Waals surface area contributed by atoms with E-state index in [0.29, 0.717) is 28.0 Å². The minimum Gasteiger partial charge on any atom is -0.290 e. The van der Waals surface area contributed by atoms with Gasteiger partial charge in [-0.05, 0) is 30.2 Å². The van der Waals surface area contributed by atoms with Crippen molar-refractivity contribution < 1.29 is 4.79 Å². The number of anilines is 1. The standard InChI is InChI=1S/C22H20ClN5O/c1-2-3-12-19-25-20-18(15-8-5-4-6-9-15)14-24-28(20)22(26-19)27-21(29)16-10-7-11-17(23)13-16/h4-11,13-14H,2-3,12H2,1H3,(H,25,26,27,29). The van der Waals surface area contributed by atoms with Gasteiger partial charge >= 0.3 is 0 Å². The van der Waals surface area contributed by atoms with Crippen LogP contribution in [0.1, 0.15) is 35.9 Å². The summed E-state index contributed by atoms with van der Waals surface area (Å²) in [5.41, 5.74) is 3.02. The van der Waals surface area contributed by atoms with E-state index in [1.165, 1.54) is 0 Å². The zero-order valence-corrected chi connectivity index (χ0v) is 16.7. The van der Waals surface area contributed by atoms with Crippen LogP contribution in [0.3, 0.4) is 0 Å². The topological polar surface area (TPSA) is 72.2 Å². The van der Waals surface area contributed by atoms with E-state index in [4.69, 9.17) is 16.6 Å². The van der Waals surface area contributed by atoms with E-state index in [0.717, 1.165) is 30.4 Å². The molecule has 6 nitrogen and oxygen atoms in total. The van der Waals surface area contributed by atoms with E-state index < -0.39 is 0 Å². The van der Waals surface area contributed by atoms with E-state index in [2.05, 4.69) is 22.3 Å². The highest BCUT2D eigenvalue weighted by Gasteiger charge is 2.17. The molecule has 0 aliphatic heterocycles. The zero-order valence-electron chi connectivity index (χ0n) is 16.0. The van der Waals surface area contributed by atoms with Crippen molar-refractivity contribution in [3.05, 3.63) is 77.2 Å². The number of carbonyl (C=O) groups excluding carboxylic acids is 1. The van der Waals surface area contributed by atoms with Crippen molar-refractivity contribution in [3.63, 3.8) is 0 Å². The van der Waals surface area contributed by atoms with Gasteiger partial charge in [0.2, 0.25) is 5.95 Å². The zero-order chi connectivity index (χ0) is 20.2. The number of hydrogen-bond donors (Lipinski definition) is 1. The fraction of sp³-hybridized carbons (Fsp3) is 0.182. The van der Waals surface area contributed by atoms with Gasteiger partial charge in [0.05, 0.1) is 6.20 Å². The van der Waals surface area contributed by atoms with Gasteiger partial charge in [-0.2, -0.15) is 14.6 Å². The van der Waals surface area contributed by atoms with Crippen LogP contribution < -0.4 is 5.32 Å². The van der Waals surface area contributed by atoms with Crippen LogP contribution in [0.15, 0.2) is 60.8 Å². The summed E-state index contributed by atoms with van der Waals surface area (Å²) in [6.07, 6.45) is 4.47. The van der Waals surface area contributed by atoms with Crippen LogP contribution in [-0.4, -0.2) is 25.5 Å². The molecule has 4 rings (SSSR count). The Hall–Kier alpha value is -3.25. The number of rotatable bonds is 6. The summed E-state index contributed by atoms with van der Waals surface area (Å²) in [4.78, 5) is 22.0. The number of halogens is 1. The molecule has 0 aliphatic carbocycles.